The fourth-order valence-corrected chi connectivity index (χ4v) is 2.05. The molecule has 1 atom stereocenters. The lowest BCUT2D eigenvalue weighted by Crippen LogP contribution is -2.35. The third-order valence-corrected chi connectivity index (χ3v) is 2.72. The Morgan fingerprint density at radius 2 is 2.17 bits per heavy atom. The summed E-state index contributed by atoms with van der Waals surface area (Å²) in [6, 6.07) is 8.20. The van der Waals surface area contributed by atoms with Crippen LogP contribution in [-0.2, 0) is 0 Å². The molecule has 100 valence electrons. The molecule has 2 N–H and O–H groups in total. The first-order valence-electron chi connectivity index (χ1n) is 6.46. The van der Waals surface area contributed by atoms with E-state index in [1.165, 1.54) is 0 Å². The summed E-state index contributed by atoms with van der Waals surface area (Å²) in [5, 5.41) is 7.09. The van der Waals surface area contributed by atoms with Crippen molar-refractivity contribution >= 4 is 23.0 Å². The van der Waals surface area contributed by atoms with Crippen LogP contribution in [0.3, 0.4) is 0 Å². The van der Waals surface area contributed by atoms with Gasteiger partial charge in [0.25, 0.3) is 0 Å². The van der Waals surface area contributed by atoms with Crippen LogP contribution in [-0.4, -0.2) is 17.8 Å². The Kier molecular flexibility index (Phi) is 6.50. The van der Waals surface area contributed by atoms with Gasteiger partial charge in [-0.05, 0) is 44.6 Å². The fraction of sp³-hybridized carbons (Fsp3) is 0.500. The summed E-state index contributed by atoms with van der Waals surface area (Å²) in [7, 11) is 0. The van der Waals surface area contributed by atoms with Gasteiger partial charge in [-0.2, -0.15) is 0 Å². The molecule has 0 unspecified atom stereocenters. The minimum absolute atomic E-state index is 0.394. The van der Waals surface area contributed by atoms with Crippen LogP contribution in [0.4, 0.5) is 5.69 Å². The van der Waals surface area contributed by atoms with Crippen molar-refractivity contribution in [1.29, 1.82) is 0 Å². The highest BCUT2D eigenvalue weighted by atomic mass is 32.1. The molecule has 0 aromatic heterocycles. The highest BCUT2D eigenvalue weighted by Crippen LogP contribution is 2.17. The van der Waals surface area contributed by atoms with Crippen molar-refractivity contribution in [2.45, 2.75) is 39.7 Å². The lowest BCUT2D eigenvalue weighted by Gasteiger charge is -2.16. The molecule has 1 aromatic carbocycles. The number of thiocarbonyl (C=S) groups is 1. The lowest BCUT2D eigenvalue weighted by molar-refractivity contribution is 0.340. The van der Waals surface area contributed by atoms with Gasteiger partial charge in [0.05, 0.1) is 6.61 Å². The van der Waals surface area contributed by atoms with Crippen LogP contribution < -0.4 is 15.4 Å². The molecule has 1 rings (SSSR count). The highest BCUT2D eigenvalue weighted by molar-refractivity contribution is 7.80. The van der Waals surface area contributed by atoms with Crippen molar-refractivity contribution in [3.8, 4) is 5.75 Å². The van der Waals surface area contributed by atoms with Crippen molar-refractivity contribution in [1.82, 2.24) is 5.32 Å². The van der Waals surface area contributed by atoms with E-state index in [9.17, 15) is 0 Å². The van der Waals surface area contributed by atoms with Gasteiger partial charge in [0.15, 0.2) is 5.11 Å². The standard InChI is InChI=1S/C14H22N2OS/c1-4-7-11(3)15-14(18)16-12-8-6-9-13(10-12)17-5-2/h6,8-11H,4-5,7H2,1-3H3,(H2,15,16,18)/t11-/m0/s1. The van der Waals surface area contributed by atoms with Gasteiger partial charge in [0, 0.05) is 17.8 Å². The number of hydrogen-bond acceptors (Lipinski definition) is 2. The maximum absolute atomic E-state index is 5.44. The summed E-state index contributed by atoms with van der Waals surface area (Å²) >= 11 is 5.27. The van der Waals surface area contributed by atoms with Gasteiger partial charge in [-0.1, -0.05) is 19.4 Å². The van der Waals surface area contributed by atoms with Gasteiger partial charge in [-0.25, -0.2) is 0 Å². The normalized spacial score (nSPS) is 11.7. The Morgan fingerprint density at radius 1 is 1.39 bits per heavy atom. The van der Waals surface area contributed by atoms with Crippen LogP contribution in [0, 0.1) is 0 Å². The van der Waals surface area contributed by atoms with E-state index in [1.807, 2.05) is 31.2 Å². The molecule has 0 bridgehead atoms. The Bertz CT molecular complexity index is 382. The van der Waals surface area contributed by atoms with Crippen LogP contribution in [0.1, 0.15) is 33.6 Å². The first kappa shape index (κ1) is 14.8. The first-order valence-corrected chi connectivity index (χ1v) is 6.87. The maximum Gasteiger partial charge on any atom is 0.170 e. The van der Waals surface area contributed by atoms with Crippen LogP contribution in [0.2, 0.25) is 0 Å². The predicted molar refractivity (Wildman–Crippen MR) is 81.3 cm³/mol. The number of nitrogens with one attached hydrogen (secondary N) is 2. The van der Waals surface area contributed by atoms with E-state index in [0.29, 0.717) is 17.8 Å². The zero-order valence-electron chi connectivity index (χ0n) is 11.3. The van der Waals surface area contributed by atoms with Crippen LogP contribution in [0.15, 0.2) is 24.3 Å². The summed E-state index contributed by atoms with van der Waals surface area (Å²) < 4.78 is 5.44. The van der Waals surface area contributed by atoms with E-state index in [4.69, 9.17) is 17.0 Å². The largest absolute Gasteiger partial charge is 0.494 e. The molecule has 0 aliphatic rings. The third-order valence-electron chi connectivity index (χ3n) is 2.50. The Labute approximate surface area is 115 Å². The Balaban J connectivity index is 2.50. The summed E-state index contributed by atoms with van der Waals surface area (Å²) in [5.74, 6) is 0.854. The summed E-state index contributed by atoms with van der Waals surface area (Å²) in [5.41, 5.74) is 0.946. The minimum atomic E-state index is 0.394. The molecular formula is C14H22N2OS. The molecule has 0 saturated carbocycles. The molecule has 3 nitrogen and oxygen atoms in total. The van der Waals surface area contributed by atoms with Crippen molar-refractivity contribution in [3.05, 3.63) is 24.3 Å². The van der Waals surface area contributed by atoms with E-state index in [0.717, 1.165) is 24.3 Å². The second kappa shape index (κ2) is 7.93. The van der Waals surface area contributed by atoms with Crippen molar-refractivity contribution in [2.24, 2.45) is 0 Å². The minimum Gasteiger partial charge on any atom is -0.494 e. The zero-order chi connectivity index (χ0) is 13.4. The smallest absolute Gasteiger partial charge is 0.170 e. The predicted octanol–water partition coefficient (Wildman–Crippen LogP) is 3.56. The summed E-state index contributed by atoms with van der Waals surface area (Å²) in [6.45, 7) is 6.94. The second-order valence-corrected chi connectivity index (χ2v) is 4.66. The third kappa shape index (κ3) is 5.36. The second-order valence-electron chi connectivity index (χ2n) is 4.25. The molecule has 1 aromatic rings. The monoisotopic (exact) mass is 266 g/mol. The highest BCUT2D eigenvalue weighted by Gasteiger charge is 2.03. The number of rotatable bonds is 6. The Hall–Kier alpha value is -1.29. The molecule has 0 amide bonds. The topological polar surface area (TPSA) is 33.3 Å². The number of anilines is 1. The molecule has 0 heterocycles. The number of benzene rings is 1. The summed E-state index contributed by atoms with van der Waals surface area (Å²) in [4.78, 5) is 0. The molecule has 0 aliphatic heterocycles. The van der Waals surface area contributed by atoms with E-state index in [2.05, 4.69) is 24.5 Å². The van der Waals surface area contributed by atoms with Crippen molar-refractivity contribution in [2.75, 3.05) is 11.9 Å². The van der Waals surface area contributed by atoms with Gasteiger partial charge in [-0.3, -0.25) is 0 Å². The van der Waals surface area contributed by atoms with Crippen molar-refractivity contribution < 1.29 is 4.74 Å². The first-order chi connectivity index (χ1) is 8.65. The number of hydrogen-bond donors (Lipinski definition) is 2. The summed E-state index contributed by atoms with van der Waals surface area (Å²) in [6.07, 6.45) is 2.26. The van der Waals surface area contributed by atoms with Gasteiger partial charge in [0.2, 0.25) is 0 Å². The van der Waals surface area contributed by atoms with E-state index < -0.39 is 0 Å². The molecular weight excluding hydrogens is 244 g/mol. The number of ether oxygens (including phenoxy) is 1. The van der Waals surface area contributed by atoms with E-state index >= 15 is 0 Å². The SMILES string of the molecule is CCC[C@H](C)NC(=S)Nc1cccc(OCC)c1. The quantitative estimate of drug-likeness (QED) is 0.771. The fourth-order valence-electron chi connectivity index (χ4n) is 1.73. The average molecular weight is 266 g/mol. The lowest BCUT2D eigenvalue weighted by atomic mass is 10.2. The molecule has 0 aliphatic carbocycles. The zero-order valence-corrected chi connectivity index (χ0v) is 12.1. The van der Waals surface area contributed by atoms with Gasteiger partial charge in [-0.15, -0.1) is 0 Å². The van der Waals surface area contributed by atoms with E-state index in [-0.39, 0.29) is 0 Å². The average Bonchev–Trinajstić information content (AvgIpc) is 2.29. The van der Waals surface area contributed by atoms with Gasteiger partial charge in [0.1, 0.15) is 5.75 Å². The van der Waals surface area contributed by atoms with Crippen LogP contribution in [0.5, 0.6) is 5.75 Å². The van der Waals surface area contributed by atoms with Gasteiger partial charge >= 0.3 is 0 Å². The van der Waals surface area contributed by atoms with Crippen LogP contribution >= 0.6 is 12.2 Å². The molecule has 0 fully saturated rings. The Morgan fingerprint density at radius 3 is 2.83 bits per heavy atom. The molecule has 0 saturated heterocycles. The van der Waals surface area contributed by atoms with Crippen LogP contribution in [0.25, 0.3) is 0 Å². The maximum atomic E-state index is 5.44. The van der Waals surface area contributed by atoms with Crippen molar-refractivity contribution in [3.63, 3.8) is 0 Å². The van der Waals surface area contributed by atoms with Gasteiger partial charge < -0.3 is 15.4 Å². The molecule has 4 heteroatoms. The molecule has 0 radical (unpaired) electrons. The van der Waals surface area contributed by atoms with E-state index in [1.54, 1.807) is 0 Å². The molecule has 0 spiro atoms. The molecule has 18 heavy (non-hydrogen) atoms.